The zero-order chi connectivity index (χ0) is 21.7. The fraction of sp³-hybridized carbons (Fsp3) is 0.364. The molecule has 1 saturated heterocycles. The van der Waals surface area contributed by atoms with Crippen molar-refractivity contribution in [1.82, 2.24) is 9.80 Å². The smallest absolute Gasteiger partial charge is 0.238 e. The van der Waals surface area contributed by atoms with Crippen molar-refractivity contribution in [2.24, 2.45) is 0 Å². The number of aryl methyl sites for hydroxylation is 2. The van der Waals surface area contributed by atoms with Gasteiger partial charge in [0.15, 0.2) is 11.6 Å². The van der Waals surface area contributed by atoms with Crippen LogP contribution in [0.3, 0.4) is 0 Å². The lowest BCUT2D eigenvalue weighted by atomic mass is 10.1. The Kier molecular flexibility index (Phi) is 7.12. The van der Waals surface area contributed by atoms with E-state index in [2.05, 4.69) is 10.6 Å². The summed E-state index contributed by atoms with van der Waals surface area (Å²) < 4.78 is 26.2. The van der Waals surface area contributed by atoms with Crippen molar-refractivity contribution in [3.05, 3.63) is 59.2 Å². The maximum Gasteiger partial charge on any atom is 0.238 e. The predicted molar refractivity (Wildman–Crippen MR) is 112 cm³/mol. The molecule has 0 spiro atoms. The Labute approximate surface area is 174 Å². The number of hydrogen-bond acceptors (Lipinski definition) is 4. The summed E-state index contributed by atoms with van der Waals surface area (Å²) in [7, 11) is 0. The molecule has 0 aromatic heterocycles. The van der Waals surface area contributed by atoms with Gasteiger partial charge >= 0.3 is 0 Å². The second kappa shape index (κ2) is 9.77. The van der Waals surface area contributed by atoms with Crippen LogP contribution in [0.4, 0.5) is 20.2 Å². The van der Waals surface area contributed by atoms with Crippen molar-refractivity contribution in [3.8, 4) is 0 Å². The first-order valence-corrected chi connectivity index (χ1v) is 9.87. The Hall–Kier alpha value is -2.84. The largest absolute Gasteiger partial charge is 0.325 e. The van der Waals surface area contributed by atoms with E-state index >= 15 is 0 Å². The Balaban J connectivity index is 1.42. The minimum absolute atomic E-state index is 0.0584. The summed E-state index contributed by atoms with van der Waals surface area (Å²) in [5, 5.41) is 5.56. The molecule has 0 atom stereocenters. The quantitative estimate of drug-likeness (QED) is 0.760. The third-order valence-corrected chi connectivity index (χ3v) is 5.15. The fourth-order valence-electron chi connectivity index (χ4n) is 3.48. The first kappa shape index (κ1) is 21.9. The van der Waals surface area contributed by atoms with Gasteiger partial charge in [-0.3, -0.25) is 19.4 Å². The summed E-state index contributed by atoms with van der Waals surface area (Å²) in [6, 6.07) is 9.15. The molecular weight excluding hydrogens is 390 g/mol. The number of carbonyl (C=O) groups is 2. The number of nitrogens with one attached hydrogen (secondary N) is 2. The number of para-hydroxylation sites is 1. The van der Waals surface area contributed by atoms with Gasteiger partial charge in [0, 0.05) is 43.6 Å². The molecule has 2 N–H and O–H groups in total. The van der Waals surface area contributed by atoms with E-state index in [4.69, 9.17) is 0 Å². The molecule has 3 rings (SSSR count). The standard InChI is InChI=1S/C22H26F2N4O2/c1-15-4-3-5-16(2)22(15)26-21(30)14-28-10-8-27(9-11-28)13-20(29)25-17-6-7-18(23)19(24)12-17/h3-7,12H,8-11,13-14H2,1-2H3,(H,25,29)(H,26,30). The van der Waals surface area contributed by atoms with E-state index in [1.165, 1.54) is 6.07 Å². The molecule has 2 aromatic rings. The summed E-state index contributed by atoms with van der Waals surface area (Å²) in [5.74, 6) is -2.30. The van der Waals surface area contributed by atoms with Crippen molar-refractivity contribution in [2.45, 2.75) is 13.8 Å². The van der Waals surface area contributed by atoms with Gasteiger partial charge in [-0.15, -0.1) is 0 Å². The minimum atomic E-state index is -0.999. The number of amides is 2. The highest BCUT2D eigenvalue weighted by molar-refractivity contribution is 5.94. The fourth-order valence-corrected chi connectivity index (χ4v) is 3.48. The average Bonchev–Trinajstić information content (AvgIpc) is 2.69. The molecule has 2 aromatic carbocycles. The summed E-state index contributed by atoms with van der Waals surface area (Å²) in [4.78, 5) is 28.6. The number of halogens is 2. The second-order valence-corrected chi connectivity index (χ2v) is 7.54. The molecule has 160 valence electrons. The van der Waals surface area contributed by atoms with Crippen LogP contribution in [0.1, 0.15) is 11.1 Å². The van der Waals surface area contributed by atoms with Crippen LogP contribution in [-0.4, -0.2) is 60.9 Å². The van der Waals surface area contributed by atoms with E-state index in [1.807, 2.05) is 41.8 Å². The van der Waals surface area contributed by atoms with Gasteiger partial charge in [-0.1, -0.05) is 18.2 Å². The summed E-state index contributed by atoms with van der Waals surface area (Å²) >= 11 is 0. The number of rotatable bonds is 6. The van der Waals surface area contributed by atoms with Crippen LogP contribution in [0.2, 0.25) is 0 Å². The van der Waals surface area contributed by atoms with Gasteiger partial charge in [-0.2, -0.15) is 0 Å². The van der Waals surface area contributed by atoms with E-state index in [9.17, 15) is 18.4 Å². The molecular formula is C22H26F2N4O2. The Morgan fingerprint density at radius 1 is 0.833 bits per heavy atom. The molecule has 8 heteroatoms. The Bertz CT molecular complexity index is 907. The van der Waals surface area contributed by atoms with Gasteiger partial charge < -0.3 is 10.6 Å². The molecule has 2 amide bonds. The molecule has 0 radical (unpaired) electrons. The first-order valence-electron chi connectivity index (χ1n) is 9.87. The summed E-state index contributed by atoms with van der Waals surface area (Å²) in [5.41, 5.74) is 3.14. The third kappa shape index (κ3) is 5.84. The van der Waals surface area contributed by atoms with Crippen molar-refractivity contribution in [1.29, 1.82) is 0 Å². The van der Waals surface area contributed by atoms with Crippen molar-refractivity contribution in [3.63, 3.8) is 0 Å². The SMILES string of the molecule is Cc1cccc(C)c1NC(=O)CN1CCN(CC(=O)Nc2ccc(F)c(F)c2)CC1. The van der Waals surface area contributed by atoms with E-state index in [1.54, 1.807) is 0 Å². The minimum Gasteiger partial charge on any atom is -0.325 e. The molecule has 0 aliphatic carbocycles. The lowest BCUT2D eigenvalue weighted by Gasteiger charge is -2.33. The van der Waals surface area contributed by atoms with Crippen LogP contribution in [0.25, 0.3) is 0 Å². The van der Waals surface area contributed by atoms with Gasteiger partial charge in [0.05, 0.1) is 13.1 Å². The van der Waals surface area contributed by atoms with Crippen molar-refractivity contribution in [2.75, 3.05) is 49.9 Å². The highest BCUT2D eigenvalue weighted by Gasteiger charge is 2.21. The van der Waals surface area contributed by atoms with E-state index in [0.717, 1.165) is 28.9 Å². The average molecular weight is 416 g/mol. The summed E-state index contributed by atoms with van der Waals surface area (Å²) in [6.07, 6.45) is 0. The van der Waals surface area contributed by atoms with Gasteiger partial charge in [-0.25, -0.2) is 8.78 Å². The molecule has 1 aliphatic heterocycles. The molecule has 6 nitrogen and oxygen atoms in total. The second-order valence-electron chi connectivity index (χ2n) is 7.54. The van der Waals surface area contributed by atoms with Gasteiger partial charge in [-0.05, 0) is 37.1 Å². The lowest BCUT2D eigenvalue weighted by molar-refractivity contribution is -0.120. The molecule has 30 heavy (non-hydrogen) atoms. The Morgan fingerprint density at radius 3 is 1.90 bits per heavy atom. The molecule has 1 aliphatic rings. The van der Waals surface area contributed by atoms with Crippen molar-refractivity contribution < 1.29 is 18.4 Å². The number of benzene rings is 2. The third-order valence-electron chi connectivity index (χ3n) is 5.15. The Morgan fingerprint density at radius 2 is 1.37 bits per heavy atom. The van der Waals surface area contributed by atoms with Crippen LogP contribution in [0, 0.1) is 25.5 Å². The van der Waals surface area contributed by atoms with Crippen molar-refractivity contribution >= 4 is 23.2 Å². The predicted octanol–water partition coefficient (Wildman–Crippen LogP) is 2.78. The highest BCUT2D eigenvalue weighted by atomic mass is 19.2. The van der Waals surface area contributed by atoms with Gasteiger partial charge in [0.2, 0.25) is 11.8 Å². The number of carbonyl (C=O) groups excluding carboxylic acids is 2. The number of anilines is 2. The molecule has 1 heterocycles. The molecule has 0 unspecified atom stereocenters. The monoisotopic (exact) mass is 416 g/mol. The maximum absolute atomic E-state index is 13.2. The van der Waals surface area contributed by atoms with Crippen LogP contribution < -0.4 is 10.6 Å². The van der Waals surface area contributed by atoms with Crippen LogP contribution >= 0.6 is 0 Å². The first-order chi connectivity index (χ1) is 14.3. The number of nitrogens with zero attached hydrogens (tertiary/aromatic N) is 2. The lowest BCUT2D eigenvalue weighted by Crippen LogP contribution is -2.50. The molecule has 1 fully saturated rings. The maximum atomic E-state index is 13.2. The van der Waals surface area contributed by atoms with Crippen LogP contribution in [-0.2, 0) is 9.59 Å². The van der Waals surface area contributed by atoms with E-state index in [0.29, 0.717) is 32.7 Å². The number of piperazine rings is 1. The zero-order valence-electron chi connectivity index (χ0n) is 17.2. The topological polar surface area (TPSA) is 64.7 Å². The van der Waals surface area contributed by atoms with E-state index < -0.39 is 11.6 Å². The van der Waals surface area contributed by atoms with Crippen LogP contribution in [0.5, 0.6) is 0 Å². The van der Waals surface area contributed by atoms with Gasteiger partial charge in [0.1, 0.15) is 0 Å². The zero-order valence-corrected chi connectivity index (χ0v) is 17.2. The normalized spacial score (nSPS) is 15.1. The highest BCUT2D eigenvalue weighted by Crippen LogP contribution is 2.19. The molecule has 0 saturated carbocycles. The van der Waals surface area contributed by atoms with Crippen LogP contribution in [0.15, 0.2) is 36.4 Å². The molecule has 0 bridgehead atoms. The number of hydrogen-bond donors (Lipinski definition) is 2. The van der Waals surface area contributed by atoms with Gasteiger partial charge in [0.25, 0.3) is 0 Å². The summed E-state index contributed by atoms with van der Waals surface area (Å²) in [6.45, 7) is 6.99. The van der Waals surface area contributed by atoms with E-state index in [-0.39, 0.29) is 24.0 Å².